The minimum Gasteiger partial charge on any atom is -0.334 e. The van der Waals surface area contributed by atoms with Crippen molar-refractivity contribution in [1.82, 2.24) is 14.7 Å². The van der Waals surface area contributed by atoms with Gasteiger partial charge in [-0.1, -0.05) is 48.4 Å². The molecule has 0 saturated carbocycles. The van der Waals surface area contributed by atoms with Crippen LogP contribution in [0.25, 0.3) is 0 Å². The van der Waals surface area contributed by atoms with Crippen LogP contribution in [0.3, 0.4) is 0 Å². The van der Waals surface area contributed by atoms with E-state index < -0.39 is 9.84 Å². The molecule has 1 fully saturated rings. The molecule has 3 rings (SSSR count). The van der Waals surface area contributed by atoms with Crippen molar-refractivity contribution in [3.05, 3.63) is 51.8 Å². The van der Waals surface area contributed by atoms with Crippen molar-refractivity contribution in [2.24, 2.45) is 0 Å². The summed E-state index contributed by atoms with van der Waals surface area (Å²) < 4.78 is 25.4. The highest BCUT2D eigenvalue weighted by Gasteiger charge is 2.36. The van der Waals surface area contributed by atoms with Gasteiger partial charge in [-0.25, -0.2) is 13.1 Å². The van der Waals surface area contributed by atoms with E-state index in [1.165, 1.54) is 5.56 Å². The van der Waals surface area contributed by atoms with Crippen LogP contribution in [0.5, 0.6) is 0 Å². The van der Waals surface area contributed by atoms with Crippen molar-refractivity contribution in [2.75, 3.05) is 18.1 Å². The molecular weight excluding hydrogens is 398 g/mol. The van der Waals surface area contributed by atoms with Crippen LogP contribution in [0.4, 0.5) is 0 Å². The molecule has 2 heterocycles. The van der Waals surface area contributed by atoms with E-state index in [4.69, 9.17) is 11.6 Å². The van der Waals surface area contributed by atoms with Gasteiger partial charge in [-0.3, -0.25) is 4.79 Å². The molecule has 0 bridgehead atoms. The number of halogens is 1. The zero-order chi connectivity index (χ0) is 20.5. The van der Waals surface area contributed by atoms with Crippen LogP contribution in [0.2, 0.25) is 5.15 Å². The third-order valence-electron chi connectivity index (χ3n) is 5.11. The Kier molecular flexibility index (Phi) is 6.15. The summed E-state index contributed by atoms with van der Waals surface area (Å²) in [6.45, 7) is 6.73. The van der Waals surface area contributed by atoms with E-state index in [-0.39, 0.29) is 23.5 Å². The molecule has 1 aliphatic rings. The van der Waals surface area contributed by atoms with E-state index in [1.807, 2.05) is 38.1 Å². The second-order valence-electron chi connectivity index (χ2n) is 7.45. The summed E-state index contributed by atoms with van der Waals surface area (Å²) in [5, 5.41) is 4.76. The zero-order valence-corrected chi connectivity index (χ0v) is 18.1. The number of hydrogen-bond donors (Lipinski definition) is 0. The van der Waals surface area contributed by atoms with Gasteiger partial charge in [0.05, 0.1) is 29.3 Å². The summed E-state index contributed by atoms with van der Waals surface area (Å²) >= 11 is 6.55. The lowest BCUT2D eigenvalue weighted by Gasteiger charge is -2.28. The third-order valence-corrected chi connectivity index (χ3v) is 7.24. The van der Waals surface area contributed by atoms with E-state index in [2.05, 4.69) is 5.10 Å². The Bertz CT molecular complexity index is 967. The Balaban J connectivity index is 1.87. The molecule has 0 radical (unpaired) electrons. The summed E-state index contributed by atoms with van der Waals surface area (Å²) in [7, 11) is -3.08. The Labute approximate surface area is 171 Å². The Morgan fingerprint density at radius 2 is 1.96 bits per heavy atom. The summed E-state index contributed by atoms with van der Waals surface area (Å²) in [5.41, 5.74) is 3.14. The number of aryl methyl sites for hydroxylation is 2. The van der Waals surface area contributed by atoms with Crippen LogP contribution in [0.15, 0.2) is 24.3 Å². The number of benzene rings is 1. The molecule has 1 aliphatic heterocycles. The molecule has 152 valence electrons. The SMILES string of the molecule is CCCN(C(=O)c1c(C)nn(Cc2ccc(C)cc2)c1Cl)C1CCS(=O)(=O)C1. The largest absolute Gasteiger partial charge is 0.334 e. The van der Waals surface area contributed by atoms with Crippen molar-refractivity contribution in [3.63, 3.8) is 0 Å². The smallest absolute Gasteiger partial charge is 0.259 e. The predicted octanol–water partition coefficient (Wildman–Crippen LogP) is 3.24. The van der Waals surface area contributed by atoms with Crippen molar-refractivity contribution < 1.29 is 13.2 Å². The number of hydrogen-bond acceptors (Lipinski definition) is 4. The van der Waals surface area contributed by atoms with Crippen LogP contribution < -0.4 is 0 Å². The first-order chi connectivity index (χ1) is 13.2. The molecular formula is C20H26ClN3O3S. The maximum atomic E-state index is 13.3. The van der Waals surface area contributed by atoms with E-state index in [1.54, 1.807) is 16.5 Å². The topological polar surface area (TPSA) is 72.3 Å². The summed E-state index contributed by atoms with van der Waals surface area (Å²) in [4.78, 5) is 14.9. The number of carbonyl (C=O) groups excluding carboxylic acids is 1. The quantitative estimate of drug-likeness (QED) is 0.714. The summed E-state index contributed by atoms with van der Waals surface area (Å²) in [5.74, 6) is -0.0844. The highest BCUT2D eigenvalue weighted by molar-refractivity contribution is 7.91. The summed E-state index contributed by atoms with van der Waals surface area (Å²) in [6.07, 6.45) is 1.22. The van der Waals surface area contributed by atoms with E-state index in [0.717, 1.165) is 12.0 Å². The molecule has 1 aromatic carbocycles. The van der Waals surface area contributed by atoms with Crippen molar-refractivity contribution in [3.8, 4) is 0 Å². The van der Waals surface area contributed by atoms with Gasteiger partial charge in [0.2, 0.25) is 0 Å². The Morgan fingerprint density at radius 3 is 2.54 bits per heavy atom. The molecule has 1 unspecified atom stereocenters. The van der Waals surface area contributed by atoms with Crippen molar-refractivity contribution in [2.45, 2.75) is 46.2 Å². The molecule has 1 amide bonds. The average Bonchev–Trinajstić information content (AvgIpc) is 3.13. The fourth-order valence-corrected chi connectivity index (χ4v) is 5.67. The maximum absolute atomic E-state index is 13.3. The highest BCUT2D eigenvalue weighted by Crippen LogP contribution is 2.26. The monoisotopic (exact) mass is 423 g/mol. The third kappa shape index (κ3) is 4.41. The second kappa shape index (κ2) is 8.25. The van der Waals surface area contributed by atoms with Gasteiger partial charge in [-0.15, -0.1) is 0 Å². The van der Waals surface area contributed by atoms with Crippen LogP contribution in [-0.4, -0.2) is 53.1 Å². The van der Waals surface area contributed by atoms with E-state index in [9.17, 15) is 13.2 Å². The number of sulfone groups is 1. The number of rotatable bonds is 6. The predicted molar refractivity (Wildman–Crippen MR) is 111 cm³/mol. The fraction of sp³-hybridized carbons (Fsp3) is 0.500. The average molecular weight is 424 g/mol. The fourth-order valence-electron chi connectivity index (χ4n) is 3.62. The molecule has 28 heavy (non-hydrogen) atoms. The number of carbonyl (C=O) groups is 1. The van der Waals surface area contributed by atoms with Crippen molar-refractivity contribution in [1.29, 1.82) is 0 Å². The standard InChI is InChI=1S/C20H26ClN3O3S/c1-4-10-23(17-9-11-28(26,27)13-17)20(25)18-15(3)22-24(19(18)21)12-16-7-5-14(2)6-8-16/h5-8,17H,4,9-13H2,1-3H3. The van der Waals surface area contributed by atoms with Gasteiger partial charge < -0.3 is 4.90 Å². The lowest BCUT2D eigenvalue weighted by molar-refractivity contribution is 0.0696. The molecule has 0 aliphatic carbocycles. The number of nitrogens with zero attached hydrogens (tertiary/aromatic N) is 3. The van der Waals surface area contributed by atoms with Crippen LogP contribution >= 0.6 is 11.6 Å². The van der Waals surface area contributed by atoms with Crippen LogP contribution in [-0.2, 0) is 16.4 Å². The summed E-state index contributed by atoms with van der Waals surface area (Å²) in [6, 6.07) is 7.77. The Hall–Kier alpha value is -1.86. The highest BCUT2D eigenvalue weighted by atomic mass is 35.5. The minimum absolute atomic E-state index is 0.0207. The molecule has 0 N–H and O–H groups in total. The van der Waals surface area contributed by atoms with E-state index >= 15 is 0 Å². The maximum Gasteiger partial charge on any atom is 0.259 e. The van der Waals surface area contributed by atoms with Crippen LogP contribution in [0.1, 0.15) is 46.9 Å². The lowest BCUT2D eigenvalue weighted by atomic mass is 10.1. The van der Waals surface area contributed by atoms with Crippen molar-refractivity contribution >= 4 is 27.3 Å². The molecule has 1 saturated heterocycles. The number of amides is 1. The van der Waals surface area contributed by atoms with Gasteiger partial charge in [-0.2, -0.15) is 5.10 Å². The van der Waals surface area contributed by atoms with E-state index in [0.29, 0.717) is 35.9 Å². The van der Waals surface area contributed by atoms with Gasteiger partial charge in [0, 0.05) is 12.6 Å². The van der Waals surface area contributed by atoms with Crippen LogP contribution in [0, 0.1) is 13.8 Å². The van der Waals surface area contributed by atoms with Gasteiger partial charge in [0.25, 0.3) is 5.91 Å². The Morgan fingerprint density at radius 1 is 1.29 bits per heavy atom. The molecule has 1 aromatic heterocycles. The van der Waals surface area contributed by atoms with Gasteiger partial charge >= 0.3 is 0 Å². The second-order valence-corrected chi connectivity index (χ2v) is 10.0. The zero-order valence-electron chi connectivity index (χ0n) is 16.5. The lowest BCUT2D eigenvalue weighted by Crippen LogP contribution is -2.41. The molecule has 8 heteroatoms. The first kappa shape index (κ1) is 20.9. The normalized spacial score (nSPS) is 18.4. The molecule has 1 atom stereocenters. The first-order valence-corrected chi connectivity index (χ1v) is 11.7. The van der Waals surface area contributed by atoms with Gasteiger partial charge in [0.1, 0.15) is 5.15 Å². The van der Waals surface area contributed by atoms with Gasteiger partial charge in [0.15, 0.2) is 9.84 Å². The minimum atomic E-state index is -3.08. The molecule has 2 aromatic rings. The first-order valence-electron chi connectivity index (χ1n) is 9.51. The number of aromatic nitrogens is 2. The van der Waals surface area contributed by atoms with Gasteiger partial charge in [-0.05, 0) is 32.3 Å². The molecule has 0 spiro atoms. The molecule has 6 nitrogen and oxygen atoms in total.